The highest BCUT2D eigenvalue weighted by Crippen LogP contribution is 2.33. The van der Waals surface area contributed by atoms with Gasteiger partial charge in [0.15, 0.2) is 0 Å². The zero-order chi connectivity index (χ0) is 24.1. The van der Waals surface area contributed by atoms with Gasteiger partial charge in [-0.1, -0.05) is 39.0 Å². The third-order valence-corrected chi connectivity index (χ3v) is 5.99. The van der Waals surface area contributed by atoms with Crippen molar-refractivity contribution < 1.29 is 18.7 Å². The van der Waals surface area contributed by atoms with Crippen LogP contribution in [0.5, 0.6) is 11.6 Å². The minimum atomic E-state index is -0.317. The third kappa shape index (κ3) is 5.47. The van der Waals surface area contributed by atoms with Crippen molar-refractivity contribution >= 4 is 5.91 Å². The summed E-state index contributed by atoms with van der Waals surface area (Å²) in [5.41, 5.74) is 2.38. The molecule has 1 atom stereocenters. The molecule has 1 aliphatic heterocycles. The molecule has 0 aliphatic carbocycles. The molecular weight excluding hydrogens is 433 g/mol. The number of hydrogen-bond donors (Lipinski definition) is 0. The Kier molecular flexibility index (Phi) is 7.63. The van der Waals surface area contributed by atoms with Crippen molar-refractivity contribution in [2.75, 3.05) is 13.2 Å². The largest absolute Gasteiger partial charge is 0.439 e. The molecule has 1 amide bonds. The van der Waals surface area contributed by atoms with Crippen LogP contribution in [0.25, 0.3) is 5.69 Å². The lowest BCUT2D eigenvalue weighted by Crippen LogP contribution is -2.39. The van der Waals surface area contributed by atoms with Crippen LogP contribution in [0.15, 0.2) is 54.6 Å². The van der Waals surface area contributed by atoms with Gasteiger partial charge in [-0.25, -0.2) is 9.07 Å². The second kappa shape index (κ2) is 10.8. The van der Waals surface area contributed by atoms with Gasteiger partial charge < -0.3 is 14.4 Å². The van der Waals surface area contributed by atoms with E-state index in [-0.39, 0.29) is 23.7 Å². The van der Waals surface area contributed by atoms with Gasteiger partial charge in [0.25, 0.3) is 0 Å². The number of carbonyl (C=O) groups is 1. The number of halogens is 1. The molecule has 3 aromatic rings. The van der Waals surface area contributed by atoms with Crippen LogP contribution in [-0.4, -0.2) is 39.8 Å². The average Bonchev–Trinajstić information content (AvgIpc) is 3.47. The second-order valence-corrected chi connectivity index (χ2v) is 8.90. The van der Waals surface area contributed by atoms with E-state index in [1.165, 1.54) is 12.1 Å². The van der Waals surface area contributed by atoms with Gasteiger partial charge in [0.1, 0.15) is 11.6 Å². The summed E-state index contributed by atoms with van der Waals surface area (Å²) in [5, 5.41) is 4.81. The predicted octanol–water partition coefficient (Wildman–Crippen LogP) is 5.53. The number of aryl methyl sites for hydroxylation is 1. The van der Waals surface area contributed by atoms with Crippen molar-refractivity contribution in [1.29, 1.82) is 0 Å². The molecule has 180 valence electrons. The van der Waals surface area contributed by atoms with Crippen molar-refractivity contribution in [2.24, 2.45) is 5.92 Å². The normalized spacial score (nSPS) is 15.6. The maximum absolute atomic E-state index is 13.6. The van der Waals surface area contributed by atoms with Crippen molar-refractivity contribution in [1.82, 2.24) is 14.7 Å². The number of ether oxygens (including phenoxy) is 2. The van der Waals surface area contributed by atoms with Gasteiger partial charge in [-0.2, -0.15) is 5.10 Å². The molecule has 1 fully saturated rings. The molecule has 2 aromatic carbocycles. The molecule has 4 rings (SSSR count). The lowest BCUT2D eigenvalue weighted by Gasteiger charge is -2.27. The minimum absolute atomic E-state index is 0.0402. The monoisotopic (exact) mass is 465 g/mol. The standard InChI is InChI=1S/C27H32FN3O3/c1-4-25-24(18-30(26(32)19(2)3)17-23-11-8-16-33-23)27(34-22-9-6-5-7-10-22)31(29-25)21-14-12-20(28)13-15-21/h5-7,9-10,12-15,19,23H,4,8,11,16-18H2,1-3H3. The molecular formula is C27H32FN3O3. The number of carbonyl (C=O) groups excluding carboxylic acids is 1. The summed E-state index contributed by atoms with van der Waals surface area (Å²) >= 11 is 0. The Bertz CT molecular complexity index is 1090. The van der Waals surface area contributed by atoms with E-state index in [9.17, 15) is 9.18 Å². The molecule has 7 heteroatoms. The van der Waals surface area contributed by atoms with Crippen LogP contribution in [0, 0.1) is 11.7 Å². The van der Waals surface area contributed by atoms with E-state index in [4.69, 9.17) is 14.6 Å². The zero-order valence-corrected chi connectivity index (χ0v) is 20.0. The maximum Gasteiger partial charge on any atom is 0.227 e. The third-order valence-electron chi connectivity index (χ3n) is 5.99. The minimum Gasteiger partial charge on any atom is -0.439 e. The Labute approximate surface area is 200 Å². The first-order valence-electron chi connectivity index (χ1n) is 12.0. The highest BCUT2D eigenvalue weighted by atomic mass is 19.1. The van der Waals surface area contributed by atoms with E-state index in [1.807, 2.05) is 56.0 Å². The molecule has 0 radical (unpaired) electrons. The van der Waals surface area contributed by atoms with Gasteiger partial charge in [-0.3, -0.25) is 4.79 Å². The Balaban J connectivity index is 1.76. The van der Waals surface area contributed by atoms with E-state index < -0.39 is 0 Å². The van der Waals surface area contributed by atoms with Crippen molar-refractivity contribution in [3.8, 4) is 17.3 Å². The highest BCUT2D eigenvalue weighted by molar-refractivity contribution is 5.78. The molecule has 6 nitrogen and oxygen atoms in total. The topological polar surface area (TPSA) is 56.6 Å². The number of benzene rings is 2. The summed E-state index contributed by atoms with van der Waals surface area (Å²) in [6.07, 6.45) is 2.67. The fraction of sp³-hybridized carbons (Fsp3) is 0.407. The Morgan fingerprint density at radius 3 is 2.56 bits per heavy atom. The summed E-state index contributed by atoms with van der Waals surface area (Å²) in [4.78, 5) is 15.0. The number of aromatic nitrogens is 2. The fourth-order valence-corrected chi connectivity index (χ4v) is 4.21. The molecule has 34 heavy (non-hydrogen) atoms. The molecule has 1 unspecified atom stereocenters. The quantitative estimate of drug-likeness (QED) is 0.417. The number of amides is 1. The van der Waals surface area contributed by atoms with E-state index in [0.717, 1.165) is 30.7 Å². The van der Waals surface area contributed by atoms with Crippen molar-refractivity contribution in [3.63, 3.8) is 0 Å². The Morgan fingerprint density at radius 1 is 1.21 bits per heavy atom. The first-order chi connectivity index (χ1) is 16.5. The first-order valence-corrected chi connectivity index (χ1v) is 12.0. The lowest BCUT2D eigenvalue weighted by atomic mass is 10.1. The zero-order valence-electron chi connectivity index (χ0n) is 20.0. The number of nitrogens with zero attached hydrogens (tertiary/aromatic N) is 3. The van der Waals surface area contributed by atoms with Crippen LogP contribution in [0.3, 0.4) is 0 Å². The molecule has 0 N–H and O–H groups in total. The smallest absolute Gasteiger partial charge is 0.227 e. The summed E-state index contributed by atoms with van der Waals surface area (Å²) in [5.74, 6) is 0.802. The van der Waals surface area contributed by atoms with E-state index in [2.05, 4.69) is 0 Å². The van der Waals surface area contributed by atoms with Crippen molar-refractivity contribution in [2.45, 2.75) is 52.7 Å². The average molecular weight is 466 g/mol. The van der Waals surface area contributed by atoms with Crippen LogP contribution >= 0.6 is 0 Å². The molecule has 0 bridgehead atoms. The van der Waals surface area contributed by atoms with Crippen LogP contribution in [0.4, 0.5) is 4.39 Å². The number of hydrogen-bond acceptors (Lipinski definition) is 4. The molecule has 1 aliphatic rings. The van der Waals surface area contributed by atoms with Gasteiger partial charge >= 0.3 is 0 Å². The summed E-state index contributed by atoms with van der Waals surface area (Å²) in [6, 6.07) is 15.6. The molecule has 1 aromatic heterocycles. The van der Waals surface area contributed by atoms with E-state index in [1.54, 1.807) is 16.8 Å². The number of para-hydroxylation sites is 1. The van der Waals surface area contributed by atoms with Crippen LogP contribution in [0.1, 0.15) is 44.9 Å². The Morgan fingerprint density at radius 2 is 1.94 bits per heavy atom. The van der Waals surface area contributed by atoms with E-state index in [0.29, 0.717) is 36.8 Å². The summed E-state index contributed by atoms with van der Waals surface area (Å²) in [6.45, 7) is 7.49. The van der Waals surface area contributed by atoms with Gasteiger partial charge in [0, 0.05) is 19.1 Å². The summed E-state index contributed by atoms with van der Waals surface area (Å²) < 4.78 is 27.5. The lowest BCUT2D eigenvalue weighted by molar-refractivity contribution is -0.136. The van der Waals surface area contributed by atoms with Crippen LogP contribution < -0.4 is 4.74 Å². The molecule has 0 spiro atoms. The molecule has 0 saturated carbocycles. The predicted molar refractivity (Wildman–Crippen MR) is 129 cm³/mol. The highest BCUT2D eigenvalue weighted by Gasteiger charge is 2.28. The SMILES string of the molecule is CCc1nn(-c2ccc(F)cc2)c(Oc2ccccc2)c1CN(CC1CCCO1)C(=O)C(C)C. The van der Waals surface area contributed by atoms with Crippen LogP contribution in [0.2, 0.25) is 0 Å². The second-order valence-electron chi connectivity index (χ2n) is 8.90. The molecule has 2 heterocycles. The van der Waals surface area contributed by atoms with E-state index >= 15 is 0 Å². The maximum atomic E-state index is 13.6. The number of rotatable bonds is 9. The van der Waals surface area contributed by atoms with Gasteiger partial charge in [-0.15, -0.1) is 0 Å². The van der Waals surface area contributed by atoms with Gasteiger partial charge in [0.2, 0.25) is 11.8 Å². The Hall–Kier alpha value is -3.19. The van der Waals surface area contributed by atoms with Crippen molar-refractivity contribution in [3.05, 3.63) is 71.7 Å². The summed E-state index contributed by atoms with van der Waals surface area (Å²) in [7, 11) is 0. The molecule has 1 saturated heterocycles. The fourth-order valence-electron chi connectivity index (χ4n) is 4.21. The first kappa shape index (κ1) is 24.0. The van der Waals surface area contributed by atoms with Gasteiger partial charge in [0.05, 0.1) is 29.6 Å². The van der Waals surface area contributed by atoms with Gasteiger partial charge in [-0.05, 0) is 55.7 Å². The van der Waals surface area contributed by atoms with Crippen LogP contribution in [-0.2, 0) is 22.5 Å².